The average Bonchev–Trinajstić information content (AvgIpc) is 2.62. The number of hydrogen-bond acceptors (Lipinski definition) is 4. The van der Waals surface area contributed by atoms with Gasteiger partial charge in [0.1, 0.15) is 5.75 Å². The zero-order valence-corrected chi connectivity index (χ0v) is 13.9. The van der Waals surface area contributed by atoms with Gasteiger partial charge in [0.2, 0.25) is 0 Å². The average molecular weight is 346 g/mol. The lowest BCUT2D eigenvalue weighted by Gasteiger charge is -2.27. The number of hydrogen-bond donors (Lipinski definition) is 3. The number of rotatable bonds is 5. The third-order valence-corrected chi connectivity index (χ3v) is 4.90. The number of amides is 2. The van der Waals surface area contributed by atoms with Crippen molar-refractivity contribution in [3.05, 3.63) is 23.8 Å². The minimum absolute atomic E-state index is 0.0825. The van der Waals surface area contributed by atoms with Gasteiger partial charge in [-0.1, -0.05) is 19.3 Å². The van der Waals surface area contributed by atoms with Gasteiger partial charge in [0, 0.05) is 12.1 Å². The lowest BCUT2D eigenvalue weighted by atomic mass is 9.80. The molecule has 25 heavy (non-hydrogen) atoms. The summed E-state index contributed by atoms with van der Waals surface area (Å²) in [5, 5.41) is 14.9. The predicted octanol–water partition coefficient (Wildman–Crippen LogP) is 2.03. The molecule has 1 aromatic carbocycles. The highest BCUT2D eigenvalue weighted by atomic mass is 16.5. The van der Waals surface area contributed by atoms with Gasteiger partial charge in [-0.15, -0.1) is 0 Å². The maximum atomic E-state index is 12.4. The van der Waals surface area contributed by atoms with E-state index in [0.717, 1.165) is 32.1 Å². The standard InChI is InChI=1S/C18H22N2O5/c21-16-10-25-15-8-12(6-7-14(15)20-16)17(22)19-9-13(18(23)24)11-4-2-1-3-5-11/h6-8,11,13H,1-5,9-10H2,(H,19,22)(H,20,21)(H,23,24). The van der Waals surface area contributed by atoms with Crippen molar-refractivity contribution < 1.29 is 24.2 Å². The smallest absolute Gasteiger partial charge is 0.308 e. The van der Waals surface area contributed by atoms with Crippen molar-refractivity contribution in [2.24, 2.45) is 11.8 Å². The van der Waals surface area contributed by atoms with Crippen LogP contribution in [0.3, 0.4) is 0 Å². The first-order chi connectivity index (χ1) is 12.0. The molecule has 1 aliphatic heterocycles. The summed E-state index contributed by atoms with van der Waals surface area (Å²) in [6.45, 7) is 0.0361. The van der Waals surface area contributed by atoms with Crippen molar-refractivity contribution in [3.63, 3.8) is 0 Å². The van der Waals surface area contributed by atoms with E-state index in [1.807, 2.05) is 0 Å². The fourth-order valence-electron chi connectivity index (χ4n) is 3.51. The van der Waals surface area contributed by atoms with Gasteiger partial charge in [-0.25, -0.2) is 0 Å². The van der Waals surface area contributed by atoms with Crippen molar-refractivity contribution in [2.75, 3.05) is 18.5 Å². The molecular weight excluding hydrogens is 324 g/mol. The van der Waals surface area contributed by atoms with E-state index in [4.69, 9.17) is 4.74 Å². The Labute approximate surface area is 145 Å². The third-order valence-electron chi connectivity index (χ3n) is 4.90. The van der Waals surface area contributed by atoms with Gasteiger partial charge < -0.3 is 20.5 Å². The largest absolute Gasteiger partial charge is 0.482 e. The van der Waals surface area contributed by atoms with E-state index in [0.29, 0.717) is 17.0 Å². The van der Waals surface area contributed by atoms with Crippen LogP contribution >= 0.6 is 0 Å². The van der Waals surface area contributed by atoms with Crippen LogP contribution in [0.1, 0.15) is 42.5 Å². The quantitative estimate of drug-likeness (QED) is 0.757. The molecule has 1 fully saturated rings. The molecule has 1 aliphatic carbocycles. The van der Waals surface area contributed by atoms with Gasteiger partial charge in [0.25, 0.3) is 11.8 Å². The number of carboxylic acid groups (broad SMARTS) is 1. The summed E-state index contributed by atoms with van der Waals surface area (Å²) in [5.74, 6) is -1.43. The molecule has 1 atom stereocenters. The van der Waals surface area contributed by atoms with Crippen LogP contribution < -0.4 is 15.4 Å². The monoisotopic (exact) mass is 346 g/mol. The van der Waals surface area contributed by atoms with E-state index >= 15 is 0 Å². The third kappa shape index (κ3) is 4.10. The Bertz CT molecular complexity index is 682. The zero-order chi connectivity index (χ0) is 17.8. The van der Waals surface area contributed by atoms with Gasteiger partial charge in [-0.05, 0) is 37.0 Å². The first-order valence-corrected chi connectivity index (χ1v) is 8.62. The second-order valence-electron chi connectivity index (χ2n) is 6.60. The summed E-state index contributed by atoms with van der Waals surface area (Å²) in [4.78, 5) is 35.2. The fourth-order valence-corrected chi connectivity index (χ4v) is 3.51. The molecule has 0 radical (unpaired) electrons. The van der Waals surface area contributed by atoms with Crippen molar-refractivity contribution >= 4 is 23.5 Å². The maximum Gasteiger partial charge on any atom is 0.308 e. The molecule has 0 aromatic heterocycles. The second kappa shape index (κ2) is 7.55. The number of aliphatic carboxylic acids is 1. The molecule has 7 heteroatoms. The van der Waals surface area contributed by atoms with Gasteiger partial charge >= 0.3 is 5.97 Å². The predicted molar refractivity (Wildman–Crippen MR) is 90.6 cm³/mol. The maximum absolute atomic E-state index is 12.4. The van der Waals surface area contributed by atoms with E-state index < -0.39 is 11.9 Å². The van der Waals surface area contributed by atoms with Gasteiger partial charge in [0.15, 0.2) is 6.61 Å². The first kappa shape index (κ1) is 17.3. The fraction of sp³-hybridized carbons (Fsp3) is 0.500. The number of nitrogens with one attached hydrogen (secondary N) is 2. The Morgan fingerprint density at radius 2 is 2.04 bits per heavy atom. The van der Waals surface area contributed by atoms with Crippen LogP contribution in [0.5, 0.6) is 5.75 Å². The lowest BCUT2D eigenvalue weighted by Crippen LogP contribution is -2.37. The molecule has 1 aromatic rings. The molecule has 0 spiro atoms. The van der Waals surface area contributed by atoms with E-state index in [1.54, 1.807) is 18.2 Å². The summed E-state index contributed by atoms with van der Waals surface area (Å²) < 4.78 is 5.30. The number of carbonyl (C=O) groups is 3. The second-order valence-corrected chi connectivity index (χ2v) is 6.60. The summed E-state index contributed by atoms with van der Waals surface area (Å²) >= 11 is 0. The molecule has 2 aliphatic rings. The molecule has 1 saturated carbocycles. The SMILES string of the molecule is O=C1COc2cc(C(=O)NCC(C(=O)O)C3CCCCC3)ccc2N1. The molecule has 2 amide bonds. The molecular formula is C18H22N2O5. The minimum atomic E-state index is -0.858. The summed E-state index contributed by atoms with van der Waals surface area (Å²) in [6, 6.07) is 4.75. The molecule has 0 bridgehead atoms. The van der Waals surface area contributed by atoms with E-state index in [9.17, 15) is 19.5 Å². The number of carbonyl (C=O) groups excluding carboxylic acids is 2. The molecule has 1 unspecified atom stereocenters. The first-order valence-electron chi connectivity index (χ1n) is 8.62. The molecule has 134 valence electrons. The van der Waals surface area contributed by atoms with Crippen LogP contribution in [0.15, 0.2) is 18.2 Å². The van der Waals surface area contributed by atoms with Gasteiger partial charge in [-0.2, -0.15) is 0 Å². The van der Waals surface area contributed by atoms with Crippen LogP contribution in [0, 0.1) is 11.8 Å². The molecule has 7 nitrogen and oxygen atoms in total. The van der Waals surface area contributed by atoms with Crippen molar-refractivity contribution in [1.29, 1.82) is 0 Å². The molecule has 3 rings (SSSR count). The molecule has 1 heterocycles. The Morgan fingerprint density at radius 1 is 1.28 bits per heavy atom. The summed E-state index contributed by atoms with van der Waals surface area (Å²) in [5.41, 5.74) is 0.904. The normalized spacial score (nSPS) is 18.5. The van der Waals surface area contributed by atoms with Gasteiger partial charge in [-0.3, -0.25) is 14.4 Å². The van der Waals surface area contributed by atoms with Crippen molar-refractivity contribution in [3.8, 4) is 5.75 Å². The highest BCUT2D eigenvalue weighted by molar-refractivity contribution is 5.99. The number of anilines is 1. The summed E-state index contributed by atoms with van der Waals surface area (Å²) in [7, 11) is 0. The van der Waals surface area contributed by atoms with Crippen LogP contribution in [0.2, 0.25) is 0 Å². The van der Waals surface area contributed by atoms with E-state index in [1.165, 1.54) is 0 Å². The highest BCUT2D eigenvalue weighted by Crippen LogP contribution is 2.31. The zero-order valence-electron chi connectivity index (χ0n) is 13.9. The Hall–Kier alpha value is -2.57. The van der Waals surface area contributed by atoms with Crippen LogP contribution in [-0.2, 0) is 9.59 Å². The Balaban J connectivity index is 1.63. The summed E-state index contributed by atoms with van der Waals surface area (Å²) in [6.07, 6.45) is 5.06. The number of ether oxygens (including phenoxy) is 1. The van der Waals surface area contributed by atoms with Crippen molar-refractivity contribution in [2.45, 2.75) is 32.1 Å². The number of fused-ring (bicyclic) bond motifs is 1. The molecule has 0 saturated heterocycles. The van der Waals surface area contributed by atoms with Crippen molar-refractivity contribution in [1.82, 2.24) is 5.32 Å². The Kier molecular flexibility index (Phi) is 5.21. The number of carboxylic acids is 1. The topological polar surface area (TPSA) is 105 Å². The van der Waals surface area contributed by atoms with E-state index in [-0.39, 0.29) is 30.9 Å². The van der Waals surface area contributed by atoms with Gasteiger partial charge in [0.05, 0.1) is 11.6 Å². The molecule has 3 N–H and O–H groups in total. The van der Waals surface area contributed by atoms with Crippen LogP contribution in [0.4, 0.5) is 5.69 Å². The highest BCUT2D eigenvalue weighted by Gasteiger charge is 2.29. The lowest BCUT2D eigenvalue weighted by molar-refractivity contribution is -0.143. The van der Waals surface area contributed by atoms with Crippen LogP contribution in [0.25, 0.3) is 0 Å². The minimum Gasteiger partial charge on any atom is -0.482 e. The number of benzene rings is 1. The van der Waals surface area contributed by atoms with Crippen LogP contribution in [-0.4, -0.2) is 36.0 Å². The van der Waals surface area contributed by atoms with E-state index in [2.05, 4.69) is 10.6 Å². The Morgan fingerprint density at radius 3 is 2.76 bits per heavy atom.